The van der Waals surface area contributed by atoms with Crippen LogP contribution in [0.15, 0.2) is 85.1 Å². The van der Waals surface area contributed by atoms with Crippen molar-refractivity contribution in [1.82, 2.24) is 0 Å². The highest BCUT2D eigenvalue weighted by Crippen LogP contribution is 2.43. The minimum absolute atomic E-state index is 0.0149. The van der Waals surface area contributed by atoms with Gasteiger partial charge >= 0.3 is 19.8 Å². The third-order valence-corrected chi connectivity index (χ3v) is 9.39. The molecule has 2 atom stereocenters. The Morgan fingerprint density at radius 1 is 0.571 bits per heavy atom. The maximum atomic E-state index is 12.7. The minimum Gasteiger partial charge on any atom is -0.462 e. The number of allylic oxidation sites excluding steroid dienone is 14. The molecule has 10 heteroatoms. The molecule has 0 bridgehead atoms. The zero-order valence-corrected chi connectivity index (χ0v) is 36.7. The van der Waals surface area contributed by atoms with Crippen molar-refractivity contribution in [1.29, 1.82) is 0 Å². The van der Waals surface area contributed by atoms with Crippen LogP contribution >= 0.6 is 7.82 Å². The summed E-state index contributed by atoms with van der Waals surface area (Å²) in [5.74, 6) is -0.894. The molecule has 0 aromatic heterocycles. The van der Waals surface area contributed by atoms with Gasteiger partial charge in [-0.3, -0.25) is 18.6 Å². The summed E-state index contributed by atoms with van der Waals surface area (Å²) >= 11 is 0. The molecule has 0 aromatic carbocycles. The highest BCUT2D eigenvalue weighted by Gasteiger charge is 2.27. The van der Waals surface area contributed by atoms with E-state index in [9.17, 15) is 19.0 Å². The molecule has 0 radical (unpaired) electrons. The van der Waals surface area contributed by atoms with Crippen LogP contribution in [0.25, 0.3) is 0 Å². The molecule has 0 aliphatic carbocycles. The number of phosphoric ester groups is 1. The van der Waals surface area contributed by atoms with E-state index in [1.54, 1.807) is 0 Å². The zero-order valence-electron chi connectivity index (χ0n) is 35.8. The van der Waals surface area contributed by atoms with E-state index in [1.165, 1.54) is 25.7 Å². The zero-order chi connectivity index (χ0) is 41.4. The summed E-state index contributed by atoms with van der Waals surface area (Å²) in [6.45, 7) is 4.17. The van der Waals surface area contributed by atoms with Crippen molar-refractivity contribution in [3.63, 3.8) is 0 Å². The summed E-state index contributed by atoms with van der Waals surface area (Å²) in [4.78, 5) is 35.3. The molecule has 0 aromatic rings. The van der Waals surface area contributed by atoms with Crippen LogP contribution in [-0.2, 0) is 32.7 Å². The van der Waals surface area contributed by atoms with Crippen LogP contribution in [0.3, 0.4) is 0 Å². The maximum Gasteiger partial charge on any atom is 0.472 e. The van der Waals surface area contributed by atoms with E-state index in [2.05, 4.69) is 98.9 Å². The lowest BCUT2D eigenvalue weighted by Crippen LogP contribution is -2.37. The van der Waals surface area contributed by atoms with Crippen molar-refractivity contribution in [2.24, 2.45) is 0 Å². The number of carbonyl (C=O) groups is 2. The van der Waals surface area contributed by atoms with Crippen LogP contribution < -0.4 is 0 Å². The number of likely N-dealkylation sites (N-methyl/N-ethyl adjacent to an activating group) is 1. The summed E-state index contributed by atoms with van der Waals surface area (Å²) in [7, 11) is 1.42. The van der Waals surface area contributed by atoms with Gasteiger partial charge in [0.25, 0.3) is 0 Å². The van der Waals surface area contributed by atoms with E-state index in [-0.39, 0.29) is 26.1 Å². The molecule has 0 heterocycles. The quantitative estimate of drug-likeness (QED) is 0.0217. The maximum absolute atomic E-state index is 12.7. The summed E-state index contributed by atoms with van der Waals surface area (Å²) in [5, 5.41) is 0. The number of phosphoric acid groups is 1. The van der Waals surface area contributed by atoms with Gasteiger partial charge in [-0.15, -0.1) is 0 Å². The van der Waals surface area contributed by atoms with Crippen LogP contribution in [0.1, 0.15) is 142 Å². The van der Waals surface area contributed by atoms with Crippen molar-refractivity contribution >= 4 is 19.8 Å². The number of quaternary nitrogens is 1. The topological polar surface area (TPSA) is 108 Å². The van der Waals surface area contributed by atoms with Crippen molar-refractivity contribution in [2.45, 2.75) is 148 Å². The fourth-order valence-corrected chi connectivity index (χ4v) is 5.82. The van der Waals surface area contributed by atoms with Gasteiger partial charge in [0.15, 0.2) is 6.10 Å². The molecule has 0 fully saturated rings. The number of nitrogens with zero attached hydrogens (tertiary/aromatic N) is 1. The van der Waals surface area contributed by atoms with Gasteiger partial charge in [-0.1, -0.05) is 131 Å². The first-order chi connectivity index (χ1) is 27.0. The number of esters is 2. The lowest BCUT2D eigenvalue weighted by atomic mass is 10.1. The van der Waals surface area contributed by atoms with E-state index in [0.29, 0.717) is 23.9 Å². The monoisotopic (exact) mass is 805 g/mol. The van der Waals surface area contributed by atoms with E-state index in [4.69, 9.17) is 18.5 Å². The summed E-state index contributed by atoms with van der Waals surface area (Å²) in [6, 6.07) is 0. The first-order valence-electron chi connectivity index (χ1n) is 21.3. The summed E-state index contributed by atoms with van der Waals surface area (Å²) < 4.78 is 34.2. The lowest BCUT2D eigenvalue weighted by Gasteiger charge is -2.24. The fourth-order valence-electron chi connectivity index (χ4n) is 5.08. The van der Waals surface area contributed by atoms with Crippen molar-refractivity contribution < 1.29 is 42.1 Å². The smallest absolute Gasteiger partial charge is 0.462 e. The molecule has 0 aliphatic rings. The number of unbranched alkanes of at least 4 members (excludes halogenated alkanes) is 9. The van der Waals surface area contributed by atoms with Crippen molar-refractivity contribution in [3.05, 3.63) is 85.1 Å². The van der Waals surface area contributed by atoms with Crippen LogP contribution in [0.4, 0.5) is 0 Å². The van der Waals surface area contributed by atoms with Gasteiger partial charge in [0.2, 0.25) is 0 Å². The Balaban J connectivity index is 4.52. The average Bonchev–Trinajstić information content (AvgIpc) is 3.15. The third kappa shape index (κ3) is 40.8. The van der Waals surface area contributed by atoms with E-state index >= 15 is 0 Å². The highest BCUT2D eigenvalue weighted by atomic mass is 31.2. The molecule has 0 amide bonds. The molecule has 9 nitrogen and oxygen atoms in total. The fraction of sp³-hybridized carbons (Fsp3) is 0.652. The standard InChI is InChI=1S/C46H78NO8P/c1-6-8-10-12-14-16-18-20-22-23-25-26-28-30-32-34-36-38-45(48)52-42-44(43-54-56(50,51)53-41-40-47(3,4)5)55-46(49)39-37-35-33-31-29-27-24-21-19-17-15-13-11-9-7-2/h9,11,14-17,20-22,24-26,30,32,44H,6-8,10,12-13,18-19,23,27-29,31,33-43H2,1-5H3/p+1/b11-9-,16-14-,17-15-,22-20-,24-21-,26-25-,32-30-/t44-/m1/s1. The van der Waals surface area contributed by atoms with Gasteiger partial charge in [-0.2, -0.15) is 0 Å². The van der Waals surface area contributed by atoms with Crippen LogP contribution in [0.5, 0.6) is 0 Å². The first-order valence-corrected chi connectivity index (χ1v) is 22.8. The minimum atomic E-state index is -4.40. The molecular weight excluding hydrogens is 725 g/mol. The predicted octanol–water partition coefficient (Wildman–Crippen LogP) is 12.0. The van der Waals surface area contributed by atoms with Crippen LogP contribution in [-0.4, -0.2) is 74.9 Å². The molecule has 1 unspecified atom stereocenters. The molecular formula is C46H79NO8P+. The molecule has 320 valence electrons. The van der Waals surface area contributed by atoms with E-state index < -0.39 is 32.5 Å². The summed E-state index contributed by atoms with van der Waals surface area (Å²) in [6.07, 6.45) is 47.8. The first kappa shape index (κ1) is 53.2. The molecule has 1 N–H and O–H groups in total. The Kier molecular flexibility index (Phi) is 35.9. The Labute approximate surface area is 341 Å². The molecule has 0 aliphatic heterocycles. The molecule has 0 rings (SSSR count). The second-order valence-electron chi connectivity index (χ2n) is 15.0. The van der Waals surface area contributed by atoms with Gasteiger partial charge in [0.1, 0.15) is 19.8 Å². The number of carbonyl (C=O) groups excluding carboxylic acids is 2. The average molecular weight is 805 g/mol. The molecule has 0 saturated heterocycles. The number of ether oxygens (including phenoxy) is 2. The molecule has 0 saturated carbocycles. The molecule has 56 heavy (non-hydrogen) atoms. The van der Waals surface area contributed by atoms with Crippen molar-refractivity contribution in [3.8, 4) is 0 Å². The van der Waals surface area contributed by atoms with E-state index in [0.717, 1.165) is 77.0 Å². The van der Waals surface area contributed by atoms with Crippen LogP contribution in [0, 0.1) is 0 Å². The Hall–Kier alpha value is -2.81. The van der Waals surface area contributed by atoms with E-state index in [1.807, 2.05) is 21.1 Å². The molecule has 0 spiro atoms. The van der Waals surface area contributed by atoms with Gasteiger partial charge in [0, 0.05) is 12.8 Å². The number of hydrogen-bond donors (Lipinski definition) is 1. The largest absolute Gasteiger partial charge is 0.472 e. The number of rotatable bonds is 37. The Bertz CT molecular complexity index is 1230. The second kappa shape index (κ2) is 37.7. The van der Waals surface area contributed by atoms with Gasteiger partial charge < -0.3 is 18.9 Å². The normalized spacial score (nSPS) is 14.5. The Morgan fingerprint density at radius 3 is 1.57 bits per heavy atom. The van der Waals surface area contributed by atoms with Crippen molar-refractivity contribution in [2.75, 3.05) is 47.5 Å². The third-order valence-electron chi connectivity index (χ3n) is 8.41. The summed E-state index contributed by atoms with van der Waals surface area (Å²) in [5.41, 5.74) is 0. The van der Waals surface area contributed by atoms with Gasteiger partial charge in [0.05, 0.1) is 27.7 Å². The highest BCUT2D eigenvalue weighted by molar-refractivity contribution is 7.47. The lowest BCUT2D eigenvalue weighted by molar-refractivity contribution is -0.870. The second-order valence-corrected chi connectivity index (χ2v) is 16.4. The van der Waals surface area contributed by atoms with Gasteiger partial charge in [-0.25, -0.2) is 4.57 Å². The SMILES string of the molecule is CC/C=C\C/C=C\C/C=C\CCCCCCCC(=O)O[C@H](COC(=O)CCC/C=C\C/C=C\C/C=C\C/C=C\CCCCC)COP(=O)(O)OCC[N+](C)(C)C. The van der Waals surface area contributed by atoms with Crippen LogP contribution in [0.2, 0.25) is 0 Å². The van der Waals surface area contributed by atoms with Gasteiger partial charge in [-0.05, 0) is 83.5 Å². The predicted molar refractivity (Wildman–Crippen MR) is 233 cm³/mol. The number of hydrogen-bond acceptors (Lipinski definition) is 7. The Morgan fingerprint density at radius 2 is 1.04 bits per heavy atom.